The van der Waals surface area contributed by atoms with E-state index in [1.807, 2.05) is 12.3 Å². The molecule has 1 aliphatic heterocycles. The maximum atomic E-state index is 4.42. The molecule has 1 fully saturated rings. The third kappa shape index (κ3) is 2.54. The van der Waals surface area contributed by atoms with Crippen molar-refractivity contribution in [1.82, 2.24) is 10.3 Å². The van der Waals surface area contributed by atoms with Gasteiger partial charge in [0.25, 0.3) is 0 Å². The van der Waals surface area contributed by atoms with Gasteiger partial charge in [-0.3, -0.25) is 4.98 Å². The minimum atomic E-state index is 0.381. The third-order valence-electron chi connectivity index (χ3n) is 4.06. The topological polar surface area (TPSA) is 28.2 Å². The maximum absolute atomic E-state index is 4.42. The number of hydrogen-bond donors (Lipinski definition) is 1. The van der Waals surface area contributed by atoms with Crippen LogP contribution >= 0.6 is 0 Å². The number of rotatable bonds is 2. The number of nitrogens with one attached hydrogen (secondary N) is 1. The highest BCUT2D eigenvalue weighted by Gasteiger charge is 2.26. The molecule has 0 saturated carbocycles. The van der Waals surface area contributed by atoms with Crippen LogP contribution in [-0.4, -0.2) is 24.1 Å². The lowest BCUT2D eigenvalue weighted by Crippen LogP contribution is -2.51. The molecule has 0 spiro atoms. The highest BCUT2D eigenvalue weighted by molar-refractivity contribution is 5.51. The van der Waals surface area contributed by atoms with Crippen LogP contribution in [0.2, 0.25) is 0 Å². The smallest absolute Gasteiger partial charge is 0.0605 e. The molecule has 1 N–H and O–H groups in total. The first-order chi connectivity index (χ1) is 9.75. The molecule has 20 heavy (non-hydrogen) atoms. The Morgan fingerprint density at radius 1 is 1.15 bits per heavy atom. The third-order valence-corrected chi connectivity index (χ3v) is 4.06. The minimum Gasteiger partial charge on any atom is -0.364 e. The van der Waals surface area contributed by atoms with Crippen LogP contribution in [0.4, 0.5) is 5.69 Å². The van der Waals surface area contributed by atoms with Crippen LogP contribution in [0.5, 0.6) is 0 Å². The van der Waals surface area contributed by atoms with Crippen LogP contribution in [0.3, 0.4) is 0 Å². The van der Waals surface area contributed by atoms with Crippen LogP contribution in [-0.2, 0) is 0 Å². The van der Waals surface area contributed by atoms with Crippen molar-refractivity contribution in [2.75, 3.05) is 18.0 Å². The fourth-order valence-corrected chi connectivity index (χ4v) is 2.89. The monoisotopic (exact) mass is 267 g/mol. The summed E-state index contributed by atoms with van der Waals surface area (Å²) in [5, 5.41) is 3.64. The van der Waals surface area contributed by atoms with Crippen molar-refractivity contribution >= 4 is 5.69 Å². The SMILES string of the molecule is Cc1ncccc1N1CC(c2ccccc2)NCC1C. The van der Waals surface area contributed by atoms with Gasteiger partial charge in [-0.05, 0) is 31.5 Å². The van der Waals surface area contributed by atoms with Crippen LogP contribution in [0.1, 0.15) is 24.2 Å². The second-order valence-electron chi connectivity index (χ2n) is 5.48. The summed E-state index contributed by atoms with van der Waals surface area (Å²) in [6.07, 6.45) is 1.86. The maximum Gasteiger partial charge on any atom is 0.0605 e. The van der Waals surface area contributed by atoms with Crippen molar-refractivity contribution in [3.05, 3.63) is 59.9 Å². The fraction of sp³-hybridized carbons (Fsp3) is 0.353. The normalized spacial score (nSPS) is 22.8. The molecule has 1 aliphatic rings. The van der Waals surface area contributed by atoms with Gasteiger partial charge in [0.1, 0.15) is 0 Å². The minimum absolute atomic E-state index is 0.381. The van der Waals surface area contributed by atoms with Gasteiger partial charge >= 0.3 is 0 Å². The Morgan fingerprint density at radius 3 is 2.70 bits per heavy atom. The van der Waals surface area contributed by atoms with E-state index in [4.69, 9.17) is 0 Å². The summed E-state index contributed by atoms with van der Waals surface area (Å²) in [5.74, 6) is 0. The first-order valence-corrected chi connectivity index (χ1v) is 7.22. The van der Waals surface area contributed by atoms with Crippen molar-refractivity contribution in [2.24, 2.45) is 0 Å². The Kier molecular flexibility index (Phi) is 3.70. The first kappa shape index (κ1) is 13.1. The number of aryl methyl sites for hydroxylation is 1. The van der Waals surface area contributed by atoms with E-state index in [1.165, 1.54) is 11.3 Å². The van der Waals surface area contributed by atoms with Gasteiger partial charge in [0, 0.05) is 31.4 Å². The van der Waals surface area contributed by atoms with Gasteiger partial charge in [-0.15, -0.1) is 0 Å². The molecule has 2 aromatic rings. The Morgan fingerprint density at radius 2 is 1.95 bits per heavy atom. The Labute approximate surface area is 120 Å². The van der Waals surface area contributed by atoms with Crippen molar-refractivity contribution in [2.45, 2.75) is 25.9 Å². The van der Waals surface area contributed by atoms with Crippen molar-refractivity contribution in [1.29, 1.82) is 0 Å². The second-order valence-corrected chi connectivity index (χ2v) is 5.48. The largest absolute Gasteiger partial charge is 0.364 e. The Balaban J connectivity index is 1.86. The zero-order chi connectivity index (χ0) is 13.9. The van der Waals surface area contributed by atoms with Gasteiger partial charge in [0.15, 0.2) is 0 Å². The lowest BCUT2D eigenvalue weighted by molar-refractivity contribution is 0.414. The van der Waals surface area contributed by atoms with E-state index < -0.39 is 0 Å². The van der Waals surface area contributed by atoms with Crippen LogP contribution in [0, 0.1) is 6.92 Å². The molecule has 2 unspecified atom stereocenters. The summed E-state index contributed by atoms with van der Waals surface area (Å²) in [5.41, 5.74) is 3.71. The Hall–Kier alpha value is -1.87. The van der Waals surface area contributed by atoms with Gasteiger partial charge < -0.3 is 10.2 Å². The molecule has 2 atom stereocenters. The number of piperazine rings is 1. The van der Waals surface area contributed by atoms with Crippen LogP contribution < -0.4 is 10.2 Å². The van der Waals surface area contributed by atoms with E-state index in [2.05, 4.69) is 65.4 Å². The average Bonchev–Trinajstić information content (AvgIpc) is 2.49. The summed E-state index contributed by atoms with van der Waals surface area (Å²) in [4.78, 5) is 6.89. The molecule has 0 amide bonds. The second kappa shape index (κ2) is 5.63. The van der Waals surface area contributed by atoms with Crippen molar-refractivity contribution in [3.8, 4) is 0 Å². The predicted molar refractivity (Wildman–Crippen MR) is 83.0 cm³/mol. The number of benzene rings is 1. The fourth-order valence-electron chi connectivity index (χ4n) is 2.89. The molecule has 0 aliphatic carbocycles. The quantitative estimate of drug-likeness (QED) is 0.907. The van der Waals surface area contributed by atoms with Crippen molar-refractivity contribution < 1.29 is 0 Å². The molecule has 3 rings (SSSR count). The van der Waals surface area contributed by atoms with E-state index in [1.54, 1.807) is 0 Å². The lowest BCUT2D eigenvalue weighted by Gasteiger charge is -2.41. The van der Waals surface area contributed by atoms with Gasteiger partial charge in [-0.2, -0.15) is 0 Å². The molecule has 0 bridgehead atoms. The highest BCUT2D eigenvalue weighted by atomic mass is 15.2. The average molecular weight is 267 g/mol. The Bertz CT molecular complexity index is 567. The number of pyridine rings is 1. The summed E-state index contributed by atoms with van der Waals surface area (Å²) >= 11 is 0. The highest BCUT2D eigenvalue weighted by Crippen LogP contribution is 2.26. The molecule has 0 radical (unpaired) electrons. The van der Waals surface area contributed by atoms with Crippen LogP contribution in [0.25, 0.3) is 0 Å². The summed E-state index contributed by atoms with van der Waals surface area (Å²) in [7, 11) is 0. The summed E-state index contributed by atoms with van der Waals surface area (Å²) < 4.78 is 0. The molecule has 1 saturated heterocycles. The summed E-state index contributed by atoms with van der Waals surface area (Å²) in [6, 6.07) is 15.7. The number of nitrogens with zero attached hydrogens (tertiary/aromatic N) is 2. The predicted octanol–water partition coefficient (Wildman–Crippen LogP) is 2.93. The molecular formula is C17H21N3. The lowest BCUT2D eigenvalue weighted by atomic mass is 10.0. The first-order valence-electron chi connectivity index (χ1n) is 7.22. The van der Waals surface area contributed by atoms with Gasteiger partial charge in [-0.25, -0.2) is 0 Å². The molecule has 3 heteroatoms. The molecule has 1 aromatic carbocycles. The van der Waals surface area contributed by atoms with Crippen molar-refractivity contribution in [3.63, 3.8) is 0 Å². The zero-order valence-corrected chi connectivity index (χ0v) is 12.1. The van der Waals surface area contributed by atoms with E-state index in [0.717, 1.165) is 18.8 Å². The molecule has 2 heterocycles. The molecular weight excluding hydrogens is 246 g/mol. The van der Waals surface area contributed by atoms with E-state index in [9.17, 15) is 0 Å². The standard InChI is InChI=1S/C17H21N3/c1-13-11-19-16(15-7-4-3-5-8-15)12-20(13)17-9-6-10-18-14(17)2/h3-10,13,16,19H,11-12H2,1-2H3. The van der Waals surface area contributed by atoms with E-state index >= 15 is 0 Å². The van der Waals surface area contributed by atoms with Gasteiger partial charge in [0.2, 0.25) is 0 Å². The van der Waals surface area contributed by atoms with Gasteiger partial charge in [0.05, 0.1) is 11.4 Å². The molecule has 1 aromatic heterocycles. The van der Waals surface area contributed by atoms with E-state index in [-0.39, 0.29) is 0 Å². The zero-order valence-electron chi connectivity index (χ0n) is 12.1. The molecule has 3 nitrogen and oxygen atoms in total. The number of aromatic nitrogens is 1. The van der Waals surface area contributed by atoms with Gasteiger partial charge in [-0.1, -0.05) is 30.3 Å². The van der Waals surface area contributed by atoms with Crippen LogP contribution in [0.15, 0.2) is 48.7 Å². The number of hydrogen-bond acceptors (Lipinski definition) is 3. The molecule has 104 valence electrons. The van der Waals surface area contributed by atoms with E-state index in [0.29, 0.717) is 12.1 Å². The number of anilines is 1. The summed E-state index contributed by atoms with van der Waals surface area (Å²) in [6.45, 7) is 6.33.